The Kier molecular flexibility index (Phi) is 4.07. The molecule has 2 N–H and O–H groups in total. The molecule has 0 saturated carbocycles. The first-order valence-corrected chi connectivity index (χ1v) is 9.92. The monoisotopic (exact) mass is 382 g/mol. The maximum Gasteiger partial charge on any atom is 0.130 e. The van der Waals surface area contributed by atoms with Crippen LogP contribution in [0.4, 0.5) is 4.39 Å². The molecule has 27 heavy (non-hydrogen) atoms. The van der Waals surface area contributed by atoms with Gasteiger partial charge >= 0.3 is 0 Å². The van der Waals surface area contributed by atoms with Crippen LogP contribution in [0, 0.1) is 5.82 Å². The first kappa shape index (κ1) is 17.0. The lowest BCUT2D eigenvalue weighted by Gasteiger charge is -2.20. The number of rotatable bonds is 4. The fourth-order valence-corrected chi connectivity index (χ4v) is 5.38. The topological polar surface area (TPSA) is 58.3 Å². The second kappa shape index (κ2) is 6.48. The van der Waals surface area contributed by atoms with Crippen LogP contribution in [0.2, 0.25) is 0 Å². The highest BCUT2D eigenvalue weighted by Crippen LogP contribution is 2.44. The zero-order chi connectivity index (χ0) is 18.5. The van der Waals surface area contributed by atoms with Gasteiger partial charge in [0, 0.05) is 27.7 Å². The van der Waals surface area contributed by atoms with E-state index in [2.05, 4.69) is 21.7 Å². The van der Waals surface area contributed by atoms with Gasteiger partial charge in [-0.05, 0) is 29.7 Å². The van der Waals surface area contributed by atoms with Crippen LogP contribution in [0.25, 0.3) is 11.3 Å². The van der Waals surface area contributed by atoms with Crippen molar-refractivity contribution < 1.29 is 14.6 Å². The molecule has 0 fully saturated rings. The van der Waals surface area contributed by atoms with Crippen LogP contribution in [0.3, 0.4) is 0 Å². The van der Waals surface area contributed by atoms with Gasteiger partial charge in [0.05, 0.1) is 37.0 Å². The van der Waals surface area contributed by atoms with E-state index in [-0.39, 0.29) is 23.7 Å². The van der Waals surface area contributed by atoms with Gasteiger partial charge < -0.3 is 14.8 Å². The molecular formula is C21H19FN2O2S. The zero-order valence-electron chi connectivity index (χ0n) is 14.5. The minimum atomic E-state index is -0.917. The summed E-state index contributed by atoms with van der Waals surface area (Å²) in [5, 5.41) is 20.3. The van der Waals surface area contributed by atoms with Crippen molar-refractivity contribution in [1.82, 2.24) is 9.55 Å². The molecule has 3 aromatic rings. The summed E-state index contributed by atoms with van der Waals surface area (Å²) < 4.78 is 16.7. The van der Waals surface area contributed by atoms with Crippen LogP contribution in [0.1, 0.15) is 35.3 Å². The number of imidazole rings is 1. The maximum atomic E-state index is 14.7. The Morgan fingerprint density at radius 3 is 3.00 bits per heavy atom. The van der Waals surface area contributed by atoms with E-state index in [1.165, 1.54) is 17.8 Å². The fourth-order valence-electron chi connectivity index (χ4n) is 4.22. The van der Waals surface area contributed by atoms with Gasteiger partial charge in [-0.25, -0.2) is 9.37 Å². The summed E-state index contributed by atoms with van der Waals surface area (Å²) in [7, 11) is 0. The summed E-state index contributed by atoms with van der Waals surface area (Å²) in [6, 6.07) is 11.3. The van der Waals surface area contributed by atoms with Crippen molar-refractivity contribution >= 4 is 11.8 Å². The minimum absolute atomic E-state index is 0.0686. The van der Waals surface area contributed by atoms with E-state index in [1.807, 2.05) is 18.3 Å². The molecule has 0 spiro atoms. The van der Waals surface area contributed by atoms with Crippen molar-refractivity contribution in [3.05, 3.63) is 71.4 Å². The number of aliphatic hydroxyl groups excluding tert-OH is 2. The number of aromatic nitrogens is 2. The normalized spacial score (nSPS) is 21.0. The number of thioether (sulfide) groups is 1. The molecule has 0 bridgehead atoms. The second-order valence-corrected chi connectivity index (χ2v) is 8.49. The molecule has 0 saturated heterocycles. The lowest BCUT2D eigenvalue weighted by molar-refractivity contribution is 0.149. The predicted molar refractivity (Wildman–Crippen MR) is 102 cm³/mol. The highest BCUT2D eigenvalue weighted by molar-refractivity contribution is 8.00. The number of halogens is 1. The Morgan fingerprint density at radius 1 is 1.30 bits per heavy atom. The lowest BCUT2D eigenvalue weighted by Crippen LogP contribution is -2.12. The third kappa shape index (κ3) is 2.71. The van der Waals surface area contributed by atoms with E-state index in [0.717, 1.165) is 27.3 Å². The van der Waals surface area contributed by atoms with Crippen molar-refractivity contribution in [3.8, 4) is 11.3 Å². The summed E-state index contributed by atoms with van der Waals surface area (Å²) in [5.41, 5.74) is 4.61. The molecule has 2 aliphatic rings. The Labute approximate surface area is 160 Å². The Bertz CT molecular complexity index is 1020. The maximum absolute atomic E-state index is 14.7. The van der Waals surface area contributed by atoms with Crippen LogP contribution in [0.15, 0.2) is 53.8 Å². The number of fused-ring (bicyclic) bond motifs is 4. The van der Waals surface area contributed by atoms with E-state index in [9.17, 15) is 14.6 Å². The molecule has 4 nitrogen and oxygen atoms in total. The van der Waals surface area contributed by atoms with E-state index in [0.29, 0.717) is 18.4 Å². The van der Waals surface area contributed by atoms with Gasteiger partial charge in [-0.2, -0.15) is 0 Å². The van der Waals surface area contributed by atoms with Crippen LogP contribution in [-0.2, 0) is 6.42 Å². The molecule has 2 aromatic carbocycles. The molecule has 138 valence electrons. The number of benzene rings is 2. The number of hydrogen-bond acceptors (Lipinski definition) is 4. The first-order valence-electron chi connectivity index (χ1n) is 9.04. The summed E-state index contributed by atoms with van der Waals surface area (Å²) in [4.78, 5) is 5.10. The summed E-state index contributed by atoms with van der Waals surface area (Å²) in [6.07, 6.45) is 3.77. The van der Waals surface area contributed by atoms with Gasteiger partial charge in [0.1, 0.15) is 5.82 Å². The Morgan fingerprint density at radius 2 is 2.15 bits per heavy atom. The minimum Gasteiger partial charge on any atom is -0.395 e. The van der Waals surface area contributed by atoms with Crippen molar-refractivity contribution in [2.24, 2.45) is 0 Å². The third-order valence-corrected chi connectivity index (χ3v) is 6.81. The molecule has 3 unspecified atom stereocenters. The van der Waals surface area contributed by atoms with E-state index >= 15 is 0 Å². The lowest BCUT2D eigenvalue weighted by atomic mass is 9.94. The average Bonchev–Trinajstić information content (AvgIpc) is 3.36. The second-order valence-electron chi connectivity index (χ2n) is 7.15. The Balaban J connectivity index is 1.46. The van der Waals surface area contributed by atoms with Gasteiger partial charge in [0.2, 0.25) is 0 Å². The molecule has 6 heteroatoms. The van der Waals surface area contributed by atoms with Crippen LogP contribution in [-0.4, -0.2) is 31.6 Å². The van der Waals surface area contributed by atoms with Gasteiger partial charge in [-0.3, -0.25) is 0 Å². The molecule has 3 heterocycles. The van der Waals surface area contributed by atoms with Crippen molar-refractivity contribution in [3.63, 3.8) is 0 Å². The number of aliphatic hydroxyl groups is 2. The largest absolute Gasteiger partial charge is 0.395 e. The molecule has 0 amide bonds. The highest BCUT2D eigenvalue weighted by Gasteiger charge is 2.32. The molecule has 0 aliphatic carbocycles. The number of hydrogen-bond donors (Lipinski definition) is 2. The highest BCUT2D eigenvalue weighted by atomic mass is 32.2. The summed E-state index contributed by atoms with van der Waals surface area (Å²) >= 11 is 1.50. The first-order chi connectivity index (χ1) is 13.2. The number of nitrogens with zero attached hydrogens (tertiary/aromatic N) is 2. The van der Waals surface area contributed by atoms with Crippen LogP contribution < -0.4 is 0 Å². The van der Waals surface area contributed by atoms with Gasteiger partial charge in [0.25, 0.3) is 0 Å². The molecule has 0 radical (unpaired) electrons. The van der Waals surface area contributed by atoms with Crippen LogP contribution in [0.5, 0.6) is 0 Å². The van der Waals surface area contributed by atoms with E-state index < -0.39 is 6.10 Å². The quantitative estimate of drug-likeness (QED) is 0.722. The molecule has 1 aromatic heterocycles. The van der Waals surface area contributed by atoms with Crippen molar-refractivity contribution in [2.45, 2.75) is 35.1 Å². The molecule has 3 atom stereocenters. The predicted octanol–water partition coefficient (Wildman–Crippen LogP) is 3.72. The third-order valence-electron chi connectivity index (χ3n) is 5.53. The molecule has 2 aliphatic heterocycles. The standard InChI is InChI=1S/C21H19FN2O2S/c22-17-7-21-12(5-13(10-25)27-21)6-16(17)20(26)8-18-14-3-1-2-4-15(14)19-9-23-11-24(18)19/h1-4,6-7,9,11,13,18,20,25-26H,5,8,10H2. The van der Waals surface area contributed by atoms with Gasteiger partial charge in [-0.15, -0.1) is 11.8 Å². The van der Waals surface area contributed by atoms with Crippen LogP contribution >= 0.6 is 11.8 Å². The van der Waals surface area contributed by atoms with Gasteiger partial charge in [-0.1, -0.05) is 24.3 Å². The Hall–Kier alpha value is -2.15. The van der Waals surface area contributed by atoms with Gasteiger partial charge in [0.15, 0.2) is 0 Å². The van der Waals surface area contributed by atoms with Crippen molar-refractivity contribution in [2.75, 3.05) is 6.61 Å². The fraction of sp³-hybridized carbons (Fsp3) is 0.286. The summed E-state index contributed by atoms with van der Waals surface area (Å²) in [5.74, 6) is -0.385. The van der Waals surface area contributed by atoms with E-state index in [4.69, 9.17) is 0 Å². The molecule has 5 rings (SSSR count). The van der Waals surface area contributed by atoms with E-state index in [1.54, 1.807) is 12.4 Å². The molecular weight excluding hydrogens is 363 g/mol. The smallest absolute Gasteiger partial charge is 0.130 e. The van der Waals surface area contributed by atoms with Crippen molar-refractivity contribution in [1.29, 1.82) is 0 Å². The summed E-state index contributed by atoms with van der Waals surface area (Å²) in [6.45, 7) is 0.0706. The SMILES string of the molecule is OCC1Cc2cc(C(O)CC3c4ccccc4-c4cncn43)c(F)cc2S1. The zero-order valence-corrected chi connectivity index (χ0v) is 15.4. The average molecular weight is 382 g/mol.